The summed E-state index contributed by atoms with van der Waals surface area (Å²) in [5, 5.41) is 0. The summed E-state index contributed by atoms with van der Waals surface area (Å²) in [6, 6.07) is 0. The van der Waals surface area contributed by atoms with Crippen molar-refractivity contribution in [1.82, 2.24) is 0 Å². The van der Waals surface area contributed by atoms with E-state index < -0.39 is 6.29 Å². The molecule has 0 aromatic heterocycles. The smallest absolute Gasteiger partial charge is 0.308 e. The maximum Gasteiger partial charge on any atom is 0.308 e. The van der Waals surface area contributed by atoms with Crippen molar-refractivity contribution in [1.29, 1.82) is 0 Å². The highest BCUT2D eigenvalue weighted by Crippen LogP contribution is 2.18. The zero-order valence-corrected chi connectivity index (χ0v) is 45.9. The van der Waals surface area contributed by atoms with E-state index in [1.807, 2.05) is 0 Å². The number of hydrogen-bond acceptors (Lipinski definition) is 8. The summed E-state index contributed by atoms with van der Waals surface area (Å²) < 4.78 is 23.5. The van der Waals surface area contributed by atoms with E-state index in [0.29, 0.717) is 32.5 Å². The lowest BCUT2D eigenvalue weighted by atomic mass is 10.0. The summed E-state index contributed by atoms with van der Waals surface area (Å²) in [7, 11) is 8.79. The summed E-state index contributed by atoms with van der Waals surface area (Å²) in [6.45, 7) is 10.1. The van der Waals surface area contributed by atoms with Crippen molar-refractivity contribution < 1.29 is 81.1 Å². The minimum absolute atomic E-state index is 0. The molecule has 0 N–H and O–H groups in total. The molecule has 0 aromatic carbocycles. The van der Waals surface area contributed by atoms with Gasteiger partial charge in [0.15, 0.2) is 0 Å². The van der Waals surface area contributed by atoms with Crippen LogP contribution in [0.1, 0.15) is 239 Å². The molecule has 10 nitrogen and oxygen atoms in total. The first-order chi connectivity index (χ1) is 29.8. The molecule has 0 saturated carbocycles. The second-order valence-corrected chi connectivity index (χ2v) is 19.8. The van der Waals surface area contributed by atoms with Crippen molar-refractivity contribution in [2.24, 2.45) is 0 Å². The predicted octanol–water partition coefficient (Wildman–Crippen LogP) is 6.97. The quantitative estimate of drug-likeness (QED) is 0.0212. The number of rotatable bonds is 46. The maximum absolute atomic E-state index is 12.9. The lowest BCUT2D eigenvalue weighted by Crippen LogP contribution is -3.00. The Bertz CT molecular complexity index is 1030. The molecular weight excluding hydrogens is 940 g/mol. The van der Waals surface area contributed by atoms with Gasteiger partial charge in [-0.3, -0.25) is 19.2 Å². The highest BCUT2D eigenvalue weighted by atomic mass is 79.9. The van der Waals surface area contributed by atoms with Gasteiger partial charge in [-0.15, -0.1) is 0 Å². The van der Waals surface area contributed by atoms with Crippen LogP contribution < -0.4 is 34.0 Å². The number of nitrogens with zero attached hydrogens (tertiary/aromatic N) is 2. The van der Waals surface area contributed by atoms with Gasteiger partial charge >= 0.3 is 23.9 Å². The van der Waals surface area contributed by atoms with Crippen LogP contribution in [0.5, 0.6) is 0 Å². The second kappa shape index (κ2) is 46.9. The zero-order chi connectivity index (χ0) is 46.0. The zero-order valence-electron chi connectivity index (χ0n) is 42.8. The van der Waals surface area contributed by atoms with Crippen LogP contribution in [-0.4, -0.2) is 107 Å². The molecule has 0 radical (unpaired) electrons. The number of halogens is 2. The highest BCUT2D eigenvalue weighted by molar-refractivity contribution is 5.71. The molecule has 0 amide bonds. The molecule has 0 spiro atoms. The average Bonchev–Trinajstić information content (AvgIpc) is 3.20. The van der Waals surface area contributed by atoms with E-state index in [1.54, 1.807) is 0 Å². The molecule has 0 heterocycles. The van der Waals surface area contributed by atoms with Gasteiger partial charge in [0.1, 0.15) is 26.3 Å². The molecule has 0 unspecified atom stereocenters. The third-order valence-corrected chi connectivity index (χ3v) is 12.4. The predicted molar refractivity (Wildman–Crippen MR) is 256 cm³/mol. The first kappa shape index (κ1) is 67.0. The van der Waals surface area contributed by atoms with Crippen LogP contribution in [-0.2, 0) is 38.1 Å². The van der Waals surface area contributed by atoms with Crippen LogP contribution in [0.15, 0.2) is 0 Å². The Kier molecular flexibility index (Phi) is 49.1. The average molecular weight is 1040 g/mol. The fourth-order valence-corrected chi connectivity index (χ4v) is 8.07. The lowest BCUT2D eigenvalue weighted by molar-refractivity contribution is -0.890. The summed E-state index contributed by atoms with van der Waals surface area (Å²) in [6.07, 6.45) is 37.8. The van der Waals surface area contributed by atoms with Gasteiger partial charge in [0.05, 0.1) is 41.3 Å². The molecule has 0 aliphatic heterocycles. The Labute approximate surface area is 415 Å². The van der Waals surface area contributed by atoms with Crippen LogP contribution in [0, 0.1) is 0 Å². The van der Waals surface area contributed by atoms with Crippen molar-refractivity contribution in [3.8, 4) is 0 Å². The highest BCUT2D eigenvalue weighted by Gasteiger charge is 2.19. The molecule has 382 valence electrons. The van der Waals surface area contributed by atoms with Crippen LogP contribution in [0.3, 0.4) is 0 Å². The minimum Gasteiger partial charge on any atom is -1.00 e. The van der Waals surface area contributed by atoms with Crippen molar-refractivity contribution in [2.45, 2.75) is 245 Å². The van der Waals surface area contributed by atoms with Gasteiger partial charge in [-0.2, -0.15) is 0 Å². The van der Waals surface area contributed by atoms with Gasteiger partial charge in [-0.05, 0) is 44.9 Å². The van der Waals surface area contributed by atoms with Gasteiger partial charge in [-0.1, -0.05) is 161 Å². The molecule has 0 bridgehead atoms. The first-order valence-electron chi connectivity index (χ1n) is 26.1. The molecule has 0 aromatic rings. The van der Waals surface area contributed by atoms with E-state index in [1.165, 1.54) is 162 Å². The molecular formula is C52H102Br2N2O8. The summed E-state index contributed by atoms with van der Waals surface area (Å²) >= 11 is 0. The molecule has 0 aliphatic carbocycles. The third-order valence-electron chi connectivity index (χ3n) is 12.4. The van der Waals surface area contributed by atoms with E-state index in [0.717, 1.165) is 86.5 Å². The molecule has 0 saturated heterocycles. The molecule has 0 rings (SSSR count). The van der Waals surface area contributed by atoms with E-state index in [9.17, 15) is 19.2 Å². The fraction of sp³-hybridized carbons (Fsp3) is 0.923. The van der Waals surface area contributed by atoms with Crippen LogP contribution in [0.2, 0.25) is 0 Å². The molecule has 12 heteroatoms. The van der Waals surface area contributed by atoms with E-state index in [2.05, 4.69) is 35.1 Å². The van der Waals surface area contributed by atoms with Crippen LogP contribution in [0.4, 0.5) is 0 Å². The first-order valence-corrected chi connectivity index (χ1v) is 26.1. The Morgan fingerprint density at radius 3 is 0.938 bits per heavy atom. The minimum atomic E-state index is -0.765. The monoisotopic (exact) mass is 1040 g/mol. The van der Waals surface area contributed by atoms with Crippen molar-refractivity contribution in [3.05, 3.63) is 0 Å². The van der Waals surface area contributed by atoms with Crippen LogP contribution >= 0.6 is 0 Å². The van der Waals surface area contributed by atoms with Crippen molar-refractivity contribution >= 4 is 23.9 Å². The lowest BCUT2D eigenvalue weighted by Gasteiger charge is -2.29. The Balaban J connectivity index is -0.0000186. The number of esters is 4. The van der Waals surface area contributed by atoms with E-state index >= 15 is 0 Å². The second-order valence-electron chi connectivity index (χ2n) is 19.8. The summed E-state index contributed by atoms with van der Waals surface area (Å²) in [5.74, 6) is -0.899. The van der Waals surface area contributed by atoms with Crippen LogP contribution in [0.25, 0.3) is 0 Å². The fourth-order valence-electron chi connectivity index (χ4n) is 8.07. The largest absolute Gasteiger partial charge is 1.00 e. The number of unbranched alkanes of at least 4 members (excludes halogenated alkanes) is 28. The normalized spacial score (nSPS) is 11.5. The number of carbonyl (C=O) groups excluding carboxylic acids is 4. The van der Waals surface area contributed by atoms with E-state index in [4.69, 9.17) is 18.9 Å². The Hall–Kier alpha value is -1.24. The Morgan fingerprint density at radius 1 is 0.375 bits per heavy atom. The number of hydrogen-bond donors (Lipinski definition) is 0. The van der Waals surface area contributed by atoms with Gasteiger partial charge in [0.2, 0.25) is 6.29 Å². The van der Waals surface area contributed by atoms with Gasteiger partial charge in [0.25, 0.3) is 0 Å². The molecule has 64 heavy (non-hydrogen) atoms. The molecule has 0 aliphatic rings. The topological polar surface area (TPSA) is 105 Å². The number of quaternary nitrogens is 2. The van der Waals surface area contributed by atoms with Gasteiger partial charge in [0, 0.05) is 33.1 Å². The van der Waals surface area contributed by atoms with Crippen molar-refractivity contribution in [3.63, 3.8) is 0 Å². The molecule has 0 atom stereocenters. The van der Waals surface area contributed by atoms with Crippen molar-refractivity contribution in [2.75, 3.05) is 67.6 Å². The standard InChI is InChI=1S/C52H102N2O8.2BrH/c1-8-9-10-11-12-13-14-15-16-21-26-31-36-41-52(61-50(57)39-34-29-24-19-17-22-27-32-37-42-53(4,5)44-46-59-48(2)55)62-51(58)40-35-30-25-20-18-23-28-33-38-43-54(6,7)45-47-60-49(3)56;;/h52H,8-47H2,1-7H3;2*1H/q+2;;/p-2. The number of likely N-dealkylation sites (N-methyl/N-ethyl adjacent to an activating group) is 2. The number of carbonyl (C=O) groups is 4. The maximum atomic E-state index is 12.9. The van der Waals surface area contributed by atoms with Gasteiger partial charge in [-0.25, -0.2) is 0 Å². The Morgan fingerprint density at radius 2 is 0.641 bits per heavy atom. The summed E-state index contributed by atoms with van der Waals surface area (Å²) in [5.41, 5.74) is 0. The SMILES string of the molecule is CCCCCCCCCCCCCCCC(OC(=O)CCCCCCCCCCC[N+](C)(C)CCOC(C)=O)OC(=O)CCCCCCCCCCC[N+](C)(C)CCOC(C)=O.[Br-].[Br-]. The van der Waals surface area contributed by atoms with E-state index in [-0.39, 0.29) is 57.8 Å². The number of ether oxygens (including phenoxy) is 4. The molecule has 0 fully saturated rings. The summed E-state index contributed by atoms with van der Waals surface area (Å²) in [4.78, 5) is 47.7. The third kappa shape index (κ3) is 50.2. The van der Waals surface area contributed by atoms with Gasteiger partial charge < -0.3 is 61.9 Å².